The SMILES string of the molecule is Cc1cccc(NC(=S)Nc2ccc(C(F)(F)F)cc2)c1. The fourth-order valence-corrected chi connectivity index (χ4v) is 1.99. The van der Waals surface area contributed by atoms with Crippen LogP contribution in [0.25, 0.3) is 0 Å². The Kier molecular flexibility index (Phi) is 4.47. The van der Waals surface area contributed by atoms with Crippen LogP contribution in [-0.2, 0) is 6.18 Å². The van der Waals surface area contributed by atoms with Crippen LogP contribution in [0.1, 0.15) is 11.1 Å². The number of thiocarbonyl (C=S) groups is 1. The van der Waals surface area contributed by atoms with Crippen LogP contribution in [0.2, 0.25) is 0 Å². The molecule has 0 saturated carbocycles. The van der Waals surface area contributed by atoms with Gasteiger partial charge in [0.1, 0.15) is 0 Å². The van der Waals surface area contributed by atoms with Crippen LogP contribution >= 0.6 is 12.2 Å². The summed E-state index contributed by atoms with van der Waals surface area (Å²) < 4.78 is 37.3. The Hall–Kier alpha value is -2.08. The molecular formula is C15H13F3N2S. The van der Waals surface area contributed by atoms with Gasteiger partial charge in [0.2, 0.25) is 0 Å². The van der Waals surface area contributed by atoms with Crippen molar-refractivity contribution >= 4 is 28.7 Å². The minimum atomic E-state index is -4.33. The van der Waals surface area contributed by atoms with Crippen LogP contribution in [0.5, 0.6) is 0 Å². The first-order chi connectivity index (χ1) is 9.84. The molecule has 0 aliphatic heterocycles. The number of hydrogen-bond acceptors (Lipinski definition) is 1. The predicted octanol–water partition coefficient (Wildman–Crippen LogP) is 4.82. The van der Waals surface area contributed by atoms with Gasteiger partial charge in [-0.1, -0.05) is 12.1 Å². The molecule has 0 atom stereocenters. The molecule has 0 fully saturated rings. The monoisotopic (exact) mass is 310 g/mol. The summed E-state index contributed by atoms with van der Waals surface area (Å²) in [6.45, 7) is 1.96. The van der Waals surface area contributed by atoms with Crippen LogP contribution < -0.4 is 10.6 Å². The van der Waals surface area contributed by atoms with E-state index >= 15 is 0 Å². The molecule has 0 saturated heterocycles. The number of anilines is 2. The second-order valence-electron chi connectivity index (χ2n) is 4.52. The van der Waals surface area contributed by atoms with Gasteiger partial charge in [-0.25, -0.2) is 0 Å². The maximum atomic E-state index is 12.4. The zero-order valence-electron chi connectivity index (χ0n) is 11.2. The van der Waals surface area contributed by atoms with E-state index < -0.39 is 11.7 Å². The molecule has 2 rings (SSSR count). The smallest absolute Gasteiger partial charge is 0.332 e. The topological polar surface area (TPSA) is 24.1 Å². The third kappa shape index (κ3) is 4.46. The third-order valence-electron chi connectivity index (χ3n) is 2.75. The Bertz CT molecular complexity index is 636. The molecule has 21 heavy (non-hydrogen) atoms. The Morgan fingerprint density at radius 3 is 2.14 bits per heavy atom. The molecule has 0 amide bonds. The van der Waals surface area contributed by atoms with Crippen molar-refractivity contribution in [1.82, 2.24) is 0 Å². The van der Waals surface area contributed by atoms with Crippen molar-refractivity contribution in [3.05, 3.63) is 59.7 Å². The fourth-order valence-electron chi connectivity index (χ4n) is 1.76. The Morgan fingerprint density at radius 1 is 0.952 bits per heavy atom. The van der Waals surface area contributed by atoms with Gasteiger partial charge in [0.25, 0.3) is 0 Å². The summed E-state index contributed by atoms with van der Waals surface area (Å²) in [6.07, 6.45) is -4.33. The zero-order valence-corrected chi connectivity index (χ0v) is 12.0. The quantitative estimate of drug-likeness (QED) is 0.777. The van der Waals surface area contributed by atoms with Crippen LogP contribution in [0, 0.1) is 6.92 Å². The van der Waals surface area contributed by atoms with Gasteiger partial charge in [0.05, 0.1) is 5.56 Å². The van der Waals surface area contributed by atoms with Crippen LogP contribution in [0.4, 0.5) is 24.5 Å². The summed E-state index contributed by atoms with van der Waals surface area (Å²) in [6, 6.07) is 12.3. The zero-order chi connectivity index (χ0) is 15.5. The second kappa shape index (κ2) is 6.13. The van der Waals surface area contributed by atoms with E-state index in [1.807, 2.05) is 31.2 Å². The maximum Gasteiger partial charge on any atom is 0.416 e. The third-order valence-corrected chi connectivity index (χ3v) is 2.95. The van der Waals surface area contributed by atoms with E-state index in [0.29, 0.717) is 10.8 Å². The number of rotatable bonds is 2. The second-order valence-corrected chi connectivity index (χ2v) is 4.93. The highest BCUT2D eigenvalue weighted by Gasteiger charge is 2.29. The molecule has 0 bridgehead atoms. The van der Waals surface area contributed by atoms with Gasteiger partial charge in [-0.2, -0.15) is 13.2 Å². The van der Waals surface area contributed by atoms with Gasteiger partial charge in [-0.3, -0.25) is 0 Å². The van der Waals surface area contributed by atoms with E-state index in [1.54, 1.807) is 0 Å². The first-order valence-corrected chi connectivity index (χ1v) is 6.57. The average Bonchev–Trinajstić information content (AvgIpc) is 2.38. The molecule has 0 radical (unpaired) electrons. The molecule has 0 aliphatic rings. The molecule has 0 heterocycles. The average molecular weight is 310 g/mol. The van der Waals surface area contributed by atoms with Crippen molar-refractivity contribution in [2.24, 2.45) is 0 Å². The summed E-state index contributed by atoms with van der Waals surface area (Å²) in [5, 5.41) is 6.14. The molecule has 0 unspecified atom stereocenters. The fraction of sp³-hybridized carbons (Fsp3) is 0.133. The van der Waals surface area contributed by atoms with Crippen molar-refractivity contribution in [1.29, 1.82) is 0 Å². The van der Waals surface area contributed by atoms with E-state index in [0.717, 1.165) is 23.4 Å². The van der Waals surface area contributed by atoms with Crippen LogP contribution in [0.3, 0.4) is 0 Å². The number of aryl methyl sites for hydroxylation is 1. The first kappa shape index (κ1) is 15.3. The van der Waals surface area contributed by atoms with Crippen LogP contribution in [0.15, 0.2) is 48.5 Å². The van der Waals surface area contributed by atoms with Gasteiger partial charge in [-0.05, 0) is 61.1 Å². The molecule has 2 aromatic rings. The molecule has 2 aromatic carbocycles. The molecule has 110 valence electrons. The Balaban J connectivity index is 2.00. The summed E-state index contributed by atoms with van der Waals surface area (Å²) in [5.41, 5.74) is 1.70. The Labute approximate surface area is 126 Å². The van der Waals surface area contributed by atoms with Crippen molar-refractivity contribution in [3.63, 3.8) is 0 Å². The molecular weight excluding hydrogens is 297 g/mol. The molecule has 2 N–H and O–H groups in total. The minimum absolute atomic E-state index is 0.320. The van der Waals surface area contributed by atoms with Crippen molar-refractivity contribution in [3.8, 4) is 0 Å². The number of hydrogen-bond donors (Lipinski definition) is 2. The highest BCUT2D eigenvalue weighted by atomic mass is 32.1. The van der Waals surface area contributed by atoms with E-state index in [1.165, 1.54) is 12.1 Å². The lowest BCUT2D eigenvalue weighted by molar-refractivity contribution is -0.137. The standard InChI is InChI=1S/C15H13F3N2S/c1-10-3-2-4-13(9-10)20-14(21)19-12-7-5-11(6-8-12)15(16,17)18/h2-9H,1H3,(H2,19,20,21). The van der Waals surface area contributed by atoms with Gasteiger partial charge in [0.15, 0.2) is 5.11 Å². The number of benzene rings is 2. The van der Waals surface area contributed by atoms with Gasteiger partial charge in [0, 0.05) is 11.4 Å². The van der Waals surface area contributed by atoms with Gasteiger partial charge >= 0.3 is 6.18 Å². The summed E-state index contributed by atoms with van der Waals surface area (Å²) >= 11 is 5.12. The number of halogens is 3. The molecule has 0 aromatic heterocycles. The highest BCUT2D eigenvalue weighted by molar-refractivity contribution is 7.80. The van der Waals surface area contributed by atoms with E-state index in [9.17, 15) is 13.2 Å². The highest BCUT2D eigenvalue weighted by Crippen LogP contribution is 2.29. The van der Waals surface area contributed by atoms with Gasteiger partial charge in [-0.15, -0.1) is 0 Å². The van der Waals surface area contributed by atoms with E-state index in [4.69, 9.17) is 12.2 Å². The van der Waals surface area contributed by atoms with Crippen LogP contribution in [-0.4, -0.2) is 5.11 Å². The lowest BCUT2D eigenvalue weighted by atomic mass is 10.2. The predicted molar refractivity (Wildman–Crippen MR) is 82.5 cm³/mol. The number of nitrogens with one attached hydrogen (secondary N) is 2. The largest absolute Gasteiger partial charge is 0.416 e. The molecule has 0 spiro atoms. The van der Waals surface area contributed by atoms with Crippen molar-refractivity contribution in [2.75, 3.05) is 10.6 Å². The van der Waals surface area contributed by atoms with Gasteiger partial charge < -0.3 is 10.6 Å². The summed E-state index contributed by atoms with van der Waals surface area (Å²) in [5.74, 6) is 0. The van der Waals surface area contributed by atoms with Crippen molar-refractivity contribution < 1.29 is 13.2 Å². The lowest BCUT2D eigenvalue weighted by Crippen LogP contribution is -2.19. The normalized spacial score (nSPS) is 11.0. The summed E-state index contributed by atoms with van der Waals surface area (Å²) in [4.78, 5) is 0. The molecule has 6 heteroatoms. The summed E-state index contributed by atoms with van der Waals surface area (Å²) in [7, 11) is 0. The minimum Gasteiger partial charge on any atom is -0.332 e. The van der Waals surface area contributed by atoms with Crippen molar-refractivity contribution in [2.45, 2.75) is 13.1 Å². The van der Waals surface area contributed by atoms with E-state index in [2.05, 4.69) is 10.6 Å². The molecule has 2 nitrogen and oxygen atoms in total. The lowest BCUT2D eigenvalue weighted by Gasteiger charge is -2.12. The maximum absolute atomic E-state index is 12.4. The first-order valence-electron chi connectivity index (χ1n) is 6.16. The Morgan fingerprint density at radius 2 is 1.57 bits per heavy atom. The number of alkyl halides is 3. The van der Waals surface area contributed by atoms with E-state index in [-0.39, 0.29) is 0 Å². The molecule has 0 aliphatic carbocycles.